The number of aromatic nitrogens is 3. The quantitative estimate of drug-likeness (QED) is 0.752. The third kappa shape index (κ3) is 2.45. The Bertz CT molecular complexity index is 540. The van der Waals surface area contributed by atoms with E-state index < -0.39 is 11.7 Å². The zero-order valence-corrected chi connectivity index (χ0v) is 9.70. The summed E-state index contributed by atoms with van der Waals surface area (Å²) in [6, 6.07) is 1.33. The summed E-state index contributed by atoms with van der Waals surface area (Å²) in [6.07, 6.45) is 4.60. The molecule has 0 aliphatic rings. The molecule has 0 aliphatic heterocycles. The van der Waals surface area contributed by atoms with Gasteiger partial charge in [0.25, 0.3) is 5.91 Å². The predicted molar refractivity (Wildman–Crippen MR) is 63.5 cm³/mol. The first kappa shape index (κ1) is 12.0. The van der Waals surface area contributed by atoms with Crippen LogP contribution >= 0.6 is 0 Å². The number of halogens is 1. The van der Waals surface area contributed by atoms with Crippen molar-refractivity contribution in [3.63, 3.8) is 0 Å². The van der Waals surface area contributed by atoms with Crippen molar-refractivity contribution in [2.75, 3.05) is 12.4 Å². The van der Waals surface area contributed by atoms with E-state index >= 15 is 0 Å². The largest absolute Gasteiger partial charge is 0.371 e. The first-order valence-corrected chi connectivity index (χ1v) is 5.31. The minimum atomic E-state index is -0.669. The first-order chi connectivity index (χ1) is 8.72. The van der Waals surface area contributed by atoms with Gasteiger partial charge in [-0.1, -0.05) is 0 Å². The molecule has 0 saturated heterocycles. The molecule has 0 radical (unpaired) electrons. The van der Waals surface area contributed by atoms with Crippen LogP contribution in [0.4, 0.5) is 10.2 Å². The molecule has 0 aliphatic carbocycles. The van der Waals surface area contributed by atoms with E-state index in [1.165, 1.54) is 19.3 Å². The van der Waals surface area contributed by atoms with Gasteiger partial charge >= 0.3 is 0 Å². The molecule has 0 unspecified atom stereocenters. The lowest BCUT2D eigenvalue weighted by molar-refractivity contribution is 0.0946. The SMILES string of the molecule is CNc1nccc(C(=O)NCc2ncc[nH]2)c1F. The Labute approximate surface area is 103 Å². The Hall–Kier alpha value is -2.44. The molecule has 2 heterocycles. The molecule has 7 heteroatoms. The number of hydrogen-bond acceptors (Lipinski definition) is 4. The van der Waals surface area contributed by atoms with Crippen molar-refractivity contribution in [3.8, 4) is 0 Å². The Balaban J connectivity index is 2.09. The smallest absolute Gasteiger partial charge is 0.254 e. The molecular formula is C11H12FN5O. The van der Waals surface area contributed by atoms with E-state index in [-0.39, 0.29) is 17.9 Å². The minimum Gasteiger partial charge on any atom is -0.371 e. The molecule has 1 amide bonds. The van der Waals surface area contributed by atoms with Gasteiger partial charge in [-0.15, -0.1) is 0 Å². The van der Waals surface area contributed by atoms with Gasteiger partial charge in [0.15, 0.2) is 11.6 Å². The van der Waals surface area contributed by atoms with Gasteiger partial charge in [0, 0.05) is 25.6 Å². The van der Waals surface area contributed by atoms with Crippen molar-refractivity contribution in [2.45, 2.75) is 6.54 Å². The number of nitrogens with one attached hydrogen (secondary N) is 3. The number of amides is 1. The van der Waals surface area contributed by atoms with E-state index in [0.29, 0.717) is 5.82 Å². The number of anilines is 1. The zero-order chi connectivity index (χ0) is 13.0. The Kier molecular flexibility index (Phi) is 3.52. The number of carbonyl (C=O) groups is 1. The fourth-order valence-corrected chi connectivity index (χ4v) is 1.45. The minimum absolute atomic E-state index is 0.0423. The van der Waals surface area contributed by atoms with Crippen molar-refractivity contribution in [3.05, 3.63) is 41.9 Å². The number of hydrogen-bond donors (Lipinski definition) is 3. The average molecular weight is 249 g/mol. The van der Waals surface area contributed by atoms with Crippen molar-refractivity contribution in [1.29, 1.82) is 0 Å². The second kappa shape index (κ2) is 5.26. The highest BCUT2D eigenvalue weighted by Crippen LogP contribution is 2.14. The molecule has 3 N–H and O–H groups in total. The summed E-state index contributed by atoms with van der Waals surface area (Å²) >= 11 is 0. The van der Waals surface area contributed by atoms with Crippen LogP contribution in [0.1, 0.15) is 16.2 Å². The van der Waals surface area contributed by atoms with Crippen LogP contribution in [-0.4, -0.2) is 27.9 Å². The maximum atomic E-state index is 13.8. The lowest BCUT2D eigenvalue weighted by Gasteiger charge is -2.07. The number of pyridine rings is 1. The lowest BCUT2D eigenvalue weighted by atomic mass is 10.2. The van der Waals surface area contributed by atoms with Gasteiger partial charge in [-0.05, 0) is 6.07 Å². The molecule has 0 bridgehead atoms. The molecular weight excluding hydrogens is 237 g/mol. The summed E-state index contributed by atoms with van der Waals surface area (Å²) in [5.74, 6) is -0.535. The van der Waals surface area contributed by atoms with Crippen LogP contribution in [-0.2, 0) is 6.54 Å². The molecule has 0 aromatic carbocycles. The van der Waals surface area contributed by atoms with Crippen LogP contribution in [0.25, 0.3) is 0 Å². The third-order valence-corrected chi connectivity index (χ3v) is 2.34. The third-order valence-electron chi connectivity index (χ3n) is 2.34. The van der Waals surface area contributed by atoms with Gasteiger partial charge in [0.05, 0.1) is 12.1 Å². The molecule has 2 aromatic rings. The number of H-pyrrole nitrogens is 1. The average Bonchev–Trinajstić information content (AvgIpc) is 2.89. The van der Waals surface area contributed by atoms with Gasteiger partial charge in [-0.3, -0.25) is 4.79 Å². The number of carbonyl (C=O) groups excluding carboxylic acids is 1. The lowest BCUT2D eigenvalue weighted by Crippen LogP contribution is -2.24. The fraction of sp³-hybridized carbons (Fsp3) is 0.182. The highest BCUT2D eigenvalue weighted by molar-refractivity contribution is 5.95. The number of aromatic amines is 1. The van der Waals surface area contributed by atoms with Crippen molar-refractivity contribution < 1.29 is 9.18 Å². The predicted octanol–water partition coefficient (Wildman–Crippen LogP) is 0.915. The molecule has 0 spiro atoms. The Morgan fingerprint density at radius 1 is 1.44 bits per heavy atom. The molecule has 2 rings (SSSR count). The van der Waals surface area contributed by atoms with Crippen LogP contribution in [0.2, 0.25) is 0 Å². The van der Waals surface area contributed by atoms with Crippen molar-refractivity contribution in [1.82, 2.24) is 20.3 Å². The molecule has 2 aromatic heterocycles. The van der Waals surface area contributed by atoms with Crippen molar-refractivity contribution >= 4 is 11.7 Å². The Morgan fingerprint density at radius 2 is 2.28 bits per heavy atom. The topological polar surface area (TPSA) is 82.7 Å². The summed E-state index contributed by atoms with van der Waals surface area (Å²) in [5.41, 5.74) is -0.0547. The second-order valence-corrected chi connectivity index (χ2v) is 3.49. The standard InChI is InChI=1S/C11H12FN5O/c1-13-10-9(12)7(2-3-16-10)11(18)17-6-8-14-4-5-15-8/h2-5H,6H2,1H3,(H,13,16)(H,14,15)(H,17,18). The van der Waals surface area contributed by atoms with Gasteiger partial charge in [-0.25, -0.2) is 14.4 Å². The number of imidazole rings is 1. The van der Waals surface area contributed by atoms with E-state index in [9.17, 15) is 9.18 Å². The molecule has 0 fully saturated rings. The highest BCUT2D eigenvalue weighted by atomic mass is 19.1. The van der Waals surface area contributed by atoms with Gasteiger partial charge < -0.3 is 15.6 Å². The molecule has 0 atom stereocenters. The fourth-order valence-electron chi connectivity index (χ4n) is 1.45. The van der Waals surface area contributed by atoms with Crippen molar-refractivity contribution in [2.24, 2.45) is 0 Å². The number of rotatable bonds is 4. The van der Waals surface area contributed by atoms with Gasteiger partial charge in [-0.2, -0.15) is 0 Å². The number of nitrogens with zero attached hydrogens (tertiary/aromatic N) is 2. The Morgan fingerprint density at radius 3 is 2.94 bits per heavy atom. The monoisotopic (exact) mass is 249 g/mol. The van der Waals surface area contributed by atoms with E-state index in [1.807, 2.05) is 0 Å². The van der Waals surface area contributed by atoms with Gasteiger partial charge in [0.2, 0.25) is 0 Å². The van der Waals surface area contributed by atoms with Crippen LogP contribution in [0.15, 0.2) is 24.7 Å². The van der Waals surface area contributed by atoms with Crippen LogP contribution in [0.5, 0.6) is 0 Å². The summed E-state index contributed by atoms with van der Waals surface area (Å²) in [6.45, 7) is 0.211. The molecule has 0 saturated carbocycles. The highest BCUT2D eigenvalue weighted by Gasteiger charge is 2.15. The van der Waals surface area contributed by atoms with E-state index in [0.717, 1.165) is 0 Å². The van der Waals surface area contributed by atoms with E-state index in [2.05, 4.69) is 25.6 Å². The van der Waals surface area contributed by atoms with E-state index in [4.69, 9.17) is 0 Å². The summed E-state index contributed by atoms with van der Waals surface area (Å²) in [5, 5.41) is 5.14. The second-order valence-electron chi connectivity index (χ2n) is 3.49. The molecule has 18 heavy (non-hydrogen) atoms. The van der Waals surface area contributed by atoms with Crippen LogP contribution in [0.3, 0.4) is 0 Å². The zero-order valence-electron chi connectivity index (χ0n) is 9.70. The summed E-state index contributed by atoms with van der Waals surface area (Å²) in [7, 11) is 1.54. The maximum Gasteiger partial charge on any atom is 0.254 e. The molecule has 6 nitrogen and oxygen atoms in total. The van der Waals surface area contributed by atoms with E-state index in [1.54, 1.807) is 12.4 Å². The van der Waals surface area contributed by atoms with Crippen LogP contribution in [0, 0.1) is 5.82 Å². The summed E-state index contributed by atoms with van der Waals surface area (Å²) < 4.78 is 13.8. The molecule has 94 valence electrons. The van der Waals surface area contributed by atoms with Gasteiger partial charge in [0.1, 0.15) is 5.82 Å². The maximum absolute atomic E-state index is 13.8. The summed E-state index contributed by atoms with van der Waals surface area (Å²) in [4.78, 5) is 22.3. The van der Waals surface area contributed by atoms with Crippen LogP contribution < -0.4 is 10.6 Å². The normalized spacial score (nSPS) is 10.1. The first-order valence-electron chi connectivity index (χ1n) is 5.31.